The molecule has 81 heavy (non-hydrogen) atoms. The fourth-order valence-electron chi connectivity index (χ4n) is 10.4. The molecule has 0 saturated carbocycles. The smallest absolute Gasteiger partial charge is 0.305 e. The number of esters is 1. The summed E-state index contributed by atoms with van der Waals surface area (Å²) in [7, 11) is -3.94. The first-order valence-electron chi connectivity index (χ1n) is 26.9. The number of carbonyl (C=O) groups is 1. The van der Waals surface area contributed by atoms with Gasteiger partial charge in [0.15, 0.2) is 11.3 Å². The van der Waals surface area contributed by atoms with Crippen LogP contribution in [0.1, 0.15) is 85.9 Å². The molecule has 11 aromatic rings. The minimum atomic E-state index is -3.94. The second-order valence-corrected chi connectivity index (χ2v) is 23.1. The first-order valence-corrected chi connectivity index (χ1v) is 28.3. The molecule has 0 atom stereocenters. The summed E-state index contributed by atoms with van der Waals surface area (Å²) in [6.45, 7) is 10.9. The second kappa shape index (κ2) is 22.3. The molecular weight excluding hydrogens is 1040 g/mol. The summed E-state index contributed by atoms with van der Waals surface area (Å²) < 4.78 is 50.1. The number of benzene rings is 5. The molecule has 17 nitrogen and oxygen atoms in total. The van der Waals surface area contributed by atoms with Crippen molar-refractivity contribution in [2.24, 2.45) is 5.73 Å². The van der Waals surface area contributed by atoms with Crippen molar-refractivity contribution in [3.8, 4) is 33.6 Å². The van der Waals surface area contributed by atoms with Crippen LogP contribution in [0.5, 0.6) is 0 Å². The lowest BCUT2D eigenvalue weighted by atomic mass is 9.97. The van der Waals surface area contributed by atoms with Crippen molar-refractivity contribution in [3.63, 3.8) is 0 Å². The number of nitrogens with zero attached hydrogens (tertiary/aromatic N) is 7. The number of rotatable bonds is 18. The van der Waals surface area contributed by atoms with E-state index in [4.69, 9.17) is 29.9 Å². The SMILES string of the molecule is CC(C)(O)c1ccc(-c2nc(COCCN)n3c2cnc2[nH]ccc23)cc1.Cc1ccc(S(=O)(=O)n2ccc3c2ncc2c(-c4ccc(C(C)(C)O)cc4)nc(COCCCC(=O)OCC4c5ccccc5-c5ccccc54)n23)cc1. The van der Waals surface area contributed by atoms with E-state index in [-0.39, 0.29) is 48.7 Å². The van der Waals surface area contributed by atoms with Crippen molar-refractivity contribution in [2.75, 3.05) is 26.4 Å². The van der Waals surface area contributed by atoms with E-state index < -0.39 is 21.2 Å². The van der Waals surface area contributed by atoms with Crippen LogP contribution in [0.25, 0.3) is 67.0 Å². The third kappa shape index (κ3) is 10.9. The molecule has 6 aromatic heterocycles. The van der Waals surface area contributed by atoms with Crippen LogP contribution in [0.2, 0.25) is 0 Å². The maximum Gasteiger partial charge on any atom is 0.305 e. The molecular formula is C63H63N9O8S. The molecule has 1 aliphatic rings. The van der Waals surface area contributed by atoms with Gasteiger partial charge in [0.05, 0.1) is 68.6 Å². The number of ether oxygens (including phenoxy) is 3. The zero-order valence-corrected chi connectivity index (χ0v) is 46.5. The Balaban J connectivity index is 0.000000213. The highest BCUT2D eigenvalue weighted by atomic mass is 32.2. The predicted molar refractivity (Wildman–Crippen MR) is 311 cm³/mol. The fourth-order valence-corrected chi connectivity index (χ4v) is 11.7. The Morgan fingerprint density at radius 2 is 1.21 bits per heavy atom. The Bertz CT molecular complexity index is 4140. The topological polar surface area (TPSA) is 226 Å². The standard InChI is InChI=1S/C43H40N4O6S.C20H23N5O2/c1-28-14-20-31(21-15-28)54(50,51)46-23-22-37-42(46)44-25-38-41(29-16-18-30(19-17-29)43(2,3)49)45-39(47(37)38)27-52-24-8-13-40(48)53-26-36-34-11-6-4-9-32(34)33-10-5-7-12-35(33)36;1-20(2,26)14-5-3-13(4-6-14)18-16-11-23-19-15(7-9-22-19)25(16)17(24-18)12-27-10-8-21/h4-7,9-12,14-23,25,36,49H,8,13,24,26-27H2,1-3H3;3-7,9,11,22,26H,8,10,12,21H2,1-2H3. The Morgan fingerprint density at radius 3 is 1.78 bits per heavy atom. The quantitative estimate of drug-likeness (QED) is 0.0464. The van der Waals surface area contributed by atoms with E-state index in [0.717, 1.165) is 56.0 Å². The maximum atomic E-state index is 13.7. The second-order valence-electron chi connectivity index (χ2n) is 21.2. The van der Waals surface area contributed by atoms with Gasteiger partial charge in [-0.3, -0.25) is 13.6 Å². The number of aryl methyl sites for hydroxylation is 1. The summed E-state index contributed by atoms with van der Waals surface area (Å²) in [5.74, 6) is 1.06. The van der Waals surface area contributed by atoms with Gasteiger partial charge in [-0.1, -0.05) is 115 Å². The van der Waals surface area contributed by atoms with Crippen molar-refractivity contribution in [1.82, 2.24) is 37.7 Å². The Morgan fingerprint density at radius 1 is 0.667 bits per heavy atom. The lowest BCUT2D eigenvalue weighted by molar-refractivity contribution is -0.144. The van der Waals surface area contributed by atoms with Crippen LogP contribution >= 0.6 is 0 Å². The number of aromatic nitrogens is 8. The van der Waals surface area contributed by atoms with Crippen LogP contribution in [0, 0.1) is 6.92 Å². The van der Waals surface area contributed by atoms with Crippen molar-refractivity contribution in [3.05, 3.63) is 198 Å². The van der Waals surface area contributed by atoms with E-state index in [1.165, 1.54) is 32.4 Å². The van der Waals surface area contributed by atoms with Crippen LogP contribution in [-0.2, 0) is 53.4 Å². The normalized spacial score (nSPS) is 12.8. The van der Waals surface area contributed by atoms with E-state index in [2.05, 4.69) is 43.6 Å². The highest BCUT2D eigenvalue weighted by Gasteiger charge is 2.30. The van der Waals surface area contributed by atoms with Gasteiger partial charge in [-0.2, -0.15) is 0 Å². The number of hydrogen-bond acceptors (Lipinski definition) is 13. The number of nitrogens with one attached hydrogen (secondary N) is 1. The highest BCUT2D eigenvalue weighted by molar-refractivity contribution is 7.90. The molecule has 6 heterocycles. The molecule has 0 amide bonds. The van der Waals surface area contributed by atoms with Crippen molar-refractivity contribution >= 4 is 49.4 Å². The van der Waals surface area contributed by atoms with E-state index in [9.17, 15) is 23.4 Å². The van der Waals surface area contributed by atoms with Gasteiger partial charge in [-0.15, -0.1) is 0 Å². The summed E-state index contributed by atoms with van der Waals surface area (Å²) in [5.41, 5.74) is 18.3. The maximum absolute atomic E-state index is 13.7. The molecule has 0 radical (unpaired) electrons. The molecule has 18 heteroatoms. The molecule has 0 fully saturated rings. The van der Waals surface area contributed by atoms with Crippen LogP contribution in [0.3, 0.4) is 0 Å². The number of imidazole rings is 2. The predicted octanol–water partition coefficient (Wildman–Crippen LogP) is 10.4. The number of H-pyrrole nitrogens is 1. The van der Waals surface area contributed by atoms with Crippen molar-refractivity contribution in [2.45, 2.75) is 82.7 Å². The lowest BCUT2D eigenvalue weighted by Crippen LogP contribution is -2.14. The van der Waals surface area contributed by atoms with Crippen molar-refractivity contribution in [1.29, 1.82) is 0 Å². The molecule has 0 bridgehead atoms. The number of aromatic amines is 1. The number of fused-ring (bicyclic) bond motifs is 9. The van der Waals surface area contributed by atoms with Crippen LogP contribution in [0.15, 0.2) is 163 Å². The largest absolute Gasteiger partial charge is 0.465 e. The number of aliphatic hydroxyl groups is 2. The Kier molecular flexibility index (Phi) is 15.0. The third-order valence-electron chi connectivity index (χ3n) is 14.7. The van der Waals surface area contributed by atoms with Crippen LogP contribution in [0.4, 0.5) is 0 Å². The van der Waals surface area contributed by atoms with Gasteiger partial charge in [-0.25, -0.2) is 32.3 Å². The molecule has 5 aromatic carbocycles. The molecule has 0 unspecified atom stereocenters. The van der Waals surface area contributed by atoms with Gasteiger partial charge in [-0.05, 0) is 98.7 Å². The van der Waals surface area contributed by atoms with Crippen LogP contribution in [-0.4, -0.2) is 88.7 Å². The molecule has 12 rings (SSSR count). The zero-order chi connectivity index (χ0) is 56.6. The third-order valence-corrected chi connectivity index (χ3v) is 16.3. The van der Waals surface area contributed by atoms with E-state index in [1.54, 1.807) is 64.2 Å². The van der Waals surface area contributed by atoms with Gasteiger partial charge < -0.3 is 35.1 Å². The first kappa shape index (κ1) is 54.6. The number of hydrogen-bond donors (Lipinski definition) is 4. The fraction of sp³-hybridized carbons (Fsp3) is 0.254. The monoisotopic (exact) mass is 1110 g/mol. The molecule has 1 aliphatic carbocycles. The van der Waals surface area contributed by atoms with Gasteiger partial charge in [0, 0.05) is 49.0 Å². The van der Waals surface area contributed by atoms with Gasteiger partial charge in [0.1, 0.15) is 31.5 Å². The Hall–Kier alpha value is -8.36. The average Bonchev–Trinajstić information content (AvgIpc) is 3.69. The van der Waals surface area contributed by atoms with Crippen molar-refractivity contribution < 1.29 is 37.6 Å². The van der Waals surface area contributed by atoms with Gasteiger partial charge in [0.2, 0.25) is 0 Å². The first-order chi connectivity index (χ1) is 39.0. The summed E-state index contributed by atoms with van der Waals surface area (Å²) in [4.78, 5) is 35.1. The molecule has 414 valence electrons. The zero-order valence-electron chi connectivity index (χ0n) is 45.7. The van der Waals surface area contributed by atoms with E-state index in [1.807, 2.05) is 103 Å². The molecule has 0 spiro atoms. The highest BCUT2D eigenvalue weighted by Crippen LogP contribution is 2.44. The van der Waals surface area contributed by atoms with Crippen LogP contribution < -0.4 is 5.73 Å². The lowest BCUT2D eigenvalue weighted by Gasteiger charge is -2.17. The van der Waals surface area contributed by atoms with E-state index >= 15 is 0 Å². The average molecular weight is 1110 g/mol. The summed E-state index contributed by atoms with van der Waals surface area (Å²) in [6.07, 6.45) is 7.45. The minimum absolute atomic E-state index is 0.0000752. The van der Waals surface area contributed by atoms with Gasteiger partial charge >= 0.3 is 5.97 Å². The summed E-state index contributed by atoms with van der Waals surface area (Å²) in [6, 6.07) is 42.2. The number of carbonyl (C=O) groups excluding carboxylic acids is 1. The number of nitrogens with two attached hydrogens (primary N) is 1. The summed E-state index contributed by atoms with van der Waals surface area (Å²) >= 11 is 0. The minimum Gasteiger partial charge on any atom is -0.465 e. The molecule has 5 N–H and O–H groups in total. The molecule has 0 saturated heterocycles. The van der Waals surface area contributed by atoms with E-state index in [0.29, 0.717) is 48.7 Å². The molecule has 0 aliphatic heterocycles. The van der Waals surface area contributed by atoms with Gasteiger partial charge in [0.25, 0.3) is 10.0 Å². The summed E-state index contributed by atoms with van der Waals surface area (Å²) in [5, 5.41) is 20.7. The Labute approximate surface area is 468 Å².